The van der Waals surface area contributed by atoms with Gasteiger partial charge in [0.1, 0.15) is 5.75 Å². The number of rotatable bonds is 7. The first-order chi connectivity index (χ1) is 15.6. The molecular weight excluding hydrogens is 426 g/mol. The summed E-state index contributed by atoms with van der Waals surface area (Å²) in [6, 6.07) is 23.1. The van der Waals surface area contributed by atoms with Gasteiger partial charge in [-0.05, 0) is 55.5 Å². The summed E-state index contributed by atoms with van der Waals surface area (Å²) in [5.74, 6) is -0.208. The predicted octanol–water partition coefficient (Wildman–Crippen LogP) is 5.99. The molecule has 0 aliphatic carbocycles. The van der Waals surface area contributed by atoms with Crippen LogP contribution in [0.3, 0.4) is 0 Å². The molecule has 5 nitrogen and oxygen atoms in total. The minimum Gasteiger partial charge on any atom is -0.494 e. The van der Waals surface area contributed by atoms with Crippen molar-refractivity contribution in [2.75, 3.05) is 13.2 Å². The number of hydrogen-bond donors (Lipinski definition) is 0. The number of nitrogens with zero attached hydrogens (tertiary/aromatic N) is 1. The van der Waals surface area contributed by atoms with Crippen molar-refractivity contribution in [3.8, 4) is 17.0 Å². The molecule has 0 unspecified atom stereocenters. The van der Waals surface area contributed by atoms with E-state index in [0.29, 0.717) is 39.4 Å². The Morgan fingerprint density at radius 1 is 0.906 bits per heavy atom. The van der Waals surface area contributed by atoms with Crippen LogP contribution in [0.2, 0.25) is 5.02 Å². The van der Waals surface area contributed by atoms with Gasteiger partial charge in [0, 0.05) is 16.5 Å². The van der Waals surface area contributed by atoms with Crippen molar-refractivity contribution >= 4 is 34.3 Å². The molecule has 0 N–H and O–H groups in total. The van der Waals surface area contributed by atoms with Crippen molar-refractivity contribution in [3.05, 3.63) is 95.0 Å². The van der Waals surface area contributed by atoms with Gasteiger partial charge in [-0.25, -0.2) is 9.78 Å². The summed E-state index contributed by atoms with van der Waals surface area (Å²) in [7, 11) is 0. The van der Waals surface area contributed by atoms with E-state index < -0.39 is 12.6 Å². The molecule has 4 aromatic rings. The maximum Gasteiger partial charge on any atom is 0.339 e. The van der Waals surface area contributed by atoms with Gasteiger partial charge in [-0.3, -0.25) is 4.79 Å². The lowest BCUT2D eigenvalue weighted by molar-refractivity contribution is 0.0476. The molecule has 4 rings (SSSR count). The number of para-hydroxylation sites is 1. The van der Waals surface area contributed by atoms with Crippen molar-refractivity contribution in [1.82, 2.24) is 4.98 Å². The minimum atomic E-state index is -0.601. The van der Waals surface area contributed by atoms with E-state index in [1.165, 1.54) is 0 Å². The normalized spacial score (nSPS) is 10.7. The standard InChI is InChI=1S/C26H20ClNO4/c1-2-31-18-13-11-17(12-14-18)24-15-21(19-7-4-6-10-23(19)28-24)26(30)32-16-25(29)20-8-3-5-9-22(20)27/h3-15H,2,16H2,1H3. The monoisotopic (exact) mass is 445 g/mol. The quantitative estimate of drug-likeness (QED) is 0.258. The van der Waals surface area contributed by atoms with Crippen LogP contribution in [0.4, 0.5) is 0 Å². The molecular formula is C26H20ClNO4. The third-order valence-electron chi connectivity index (χ3n) is 4.91. The zero-order valence-corrected chi connectivity index (χ0v) is 18.1. The highest BCUT2D eigenvalue weighted by molar-refractivity contribution is 6.34. The fraction of sp³-hybridized carbons (Fsp3) is 0.115. The lowest BCUT2D eigenvalue weighted by atomic mass is 10.0. The number of benzene rings is 3. The number of esters is 1. The van der Waals surface area contributed by atoms with Crippen molar-refractivity contribution in [1.29, 1.82) is 0 Å². The lowest BCUT2D eigenvalue weighted by Crippen LogP contribution is -2.15. The zero-order chi connectivity index (χ0) is 22.5. The Morgan fingerprint density at radius 2 is 1.62 bits per heavy atom. The molecule has 0 aliphatic heterocycles. The van der Waals surface area contributed by atoms with Crippen LogP contribution >= 0.6 is 11.6 Å². The van der Waals surface area contributed by atoms with Gasteiger partial charge >= 0.3 is 5.97 Å². The molecule has 0 aliphatic rings. The summed E-state index contributed by atoms with van der Waals surface area (Å²) in [5.41, 5.74) is 2.77. The van der Waals surface area contributed by atoms with E-state index in [2.05, 4.69) is 4.98 Å². The molecule has 0 fully saturated rings. The molecule has 0 bridgehead atoms. The largest absolute Gasteiger partial charge is 0.494 e. The summed E-state index contributed by atoms with van der Waals surface area (Å²) in [4.78, 5) is 30.1. The first kappa shape index (κ1) is 21.5. The van der Waals surface area contributed by atoms with Gasteiger partial charge in [0.25, 0.3) is 0 Å². The van der Waals surface area contributed by atoms with Gasteiger partial charge in [0.05, 0.1) is 28.4 Å². The molecule has 0 spiro atoms. The van der Waals surface area contributed by atoms with Gasteiger partial charge in [-0.1, -0.05) is 41.9 Å². The topological polar surface area (TPSA) is 65.5 Å². The maximum atomic E-state index is 12.9. The highest BCUT2D eigenvalue weighted by Crippen LogP contribution is 2.27. The highest BCUT2D eigenvalue weighted by atomic mass is 35.5. The van der Waals surface area contributed by atoms with Gasteiger partial charge < -0.3 is 9.47 Å². The number of carbonyl (C=O) groups is 2. The van der Waals surface area contributed by atoms with Crippen LogP contribution < -0.4 is 4.74 Å². The molecule has 3 aromatic carbocycles. The van der Waals surface area contributed by atoms with E-state index in [-0.39, 0.29) is 5.78 Å². The smallest absolute Gasteiger partial charge is 0.339 e. The summed E-state index contributed by atoms with van der Waals surface area (Å²) in [6.45, 7) is 2.10. The first-order valence-corrected chi connectivity index (χ1v) is 10.5. The van der Waals surface area contributed by atoms with E-state index in [1.807, 2.05) is 49.4 Å². The number of ether oxygens (including phenoxy) is 2. The zero-order valence-electron chi connectivity index (χ0n) is 17.4. The molecule has 1 heterocycles. The molecule has 0 atom stereocenters. The Hall–Kier alpha value is -3.70. The van der Waals surface area contributed by atoms with Crippen LogP contribution in [0.15, 0.2) is 78.9 Å². The third kappa shape index (κ3) is 4.63. The van der Waals surface area contributed by atoms with Crippen LogP contribution in [-0.2, 0) is 4.74 Å². The maximum absolute atomic E-state index is 12.9. The molecule has 1 aromatic heterocycles. The van der Waals surface area contributed by atoms with Crippen molar-refractivity contribution in [2.24, 2.45) is 0 Å². The van der Waals surface area contributed by atoms with Crippen LogP contribution in [0, 0.1) is 0 Å². The number of carbonyl (C=O) groups excluding carboxylic acids is 2. The van der Waals surface area contributed by atoms with Crippen molar-refractivity contribution < 1.29 is 19.1 Å². The second-order valence-electron chi connectivity index (χ2n) is 7.01. The molecule has 160 valence electrons. The number of ketones is 1. The SMILES string of the molecule is CCOc1ccc(-c2cc(C(=O)OCC(=O)c3ccccc3Cl)c3ccccc3n2)cc1. The average molecular weight is 446 g/mol. The number of hydrogen-bond acceptors (Lipinski definition) is 5. The first-order valence-electron chi connectivity index (χ1n) is 10.1. The Bertz CT molecular complexity index is 1280. The van der Waals surface area contributed by atoms with Gasteiger partial charge in [0.15, 0.2) is 6.61 Å². The second-order valence-corrected chi connectivity index (χ2v) is 7.42. The summed E-state index contributed by atoms with van der Waals surface area (Å²) >= 11 is 6.07. The van der Waals surface area contributed by atoms with Crippen molar-refractivity contribution in [3.63, 3.8) is 0 Å². The van der Waals surface area contributed by atoms with Crippen LogP contribution in [0.5, 0.6) is 5.75 Å². The van der Waals surface area contributed by atoms with E-state index >= 15 is 0 Å². The van der Waals surface area contributed by atoms with Crippen LogP contribution in [0.1, 0.15) is 27.6 Å². The number of pyridine rings is 1. The highest BCUT2D eigenvalue weighted by Gasteiger charge is 2.18. The summed E-state index contributed by atoms with van der Waals surface area (Å²) in [6.07, 6.45) is 0. The number of aromatic nitrogens is 1. The fourth-order valence-electron chi connectivity index (χ4n) is 3.35. The number of halogens is 1. The van der Waals surface area contributed by atoms with E-state index in [1.54, 1.807) is 36.4 Å². The third-order valence-corrected chi connectivity index (χ3v) is 5.24. The Morgan fingerprint density at radius 3 is 2.38 bits per heavy atom. The number of fused-ring (bicyclic) bond motifs is 1. The van der Waals surface area contributed by atoms with E-state index in [0.717, 1.165) is 11.3 Å². The van der Waals surface area contributed by atoms with Crippen LogP contribution in [-0.4, -0.2) is 30.0 Å². The minimum absolute atomic E-state index is 0.316. The predicted molar refractivity (Wildman–Crippen MR) is 124 cm³/mol. The fourth-order valence-corrected chi connectivity index (χ4v) is 3.60. The second kappa shape index (κ2) is 9.62. The Balaban J connectivity index is 1.63. The molecule has 0 radical (unpaired) electrons. The summed E-state index contributed by atoms with van der Waals surface area (Å²) in [5, 5.41) is 0.970. The molecule has 0 amide bonds. The number of Topliss-reactive ketones (excluding diaryl/α,β-unsaturated/α-hetero) is 1. The van der Waals surface area contributed by atoms with Crippen molar-refractivity contribution in [2.45, 2.75) is 6.92 Å². The molecule has 0 saturated heterocycles. The Labute approximate surface area is 190 Å². The van der Waals surface area contributed by atoms with E-state index in [4.69, 9.17) is 21.1 Å². The lowest BCUT2D eigenvalue weighted by Gasteiger charge is -2.11. The Kier molecular flexibility index (Phi) is 6.47. The van der Waals surface area contributed by atoms with Gasteiger partial charge in [-0.15, -0.1) is 0 Å². The molecule has 6 heteroatoms. The van der Waals surface area contributed by atoms with Gasteiger partial charge in [0.2, 0.25) is 5.78 Å². The summed E-state index contributed by atoms with van der Waals surface area (Å²) < 4.78 is 10.8. The van der Waals surface area contributed by atoms with Gasteiger partial charge in [-0.2, -0.15) is 0 Å². The average Bonchev–Trinajstić information content (AvgIpc) is 2.82. The molecule has 0 saturated carbocycles. The molecule has 32 heavy (non-hydrogen) atoms. The van der Waals surface area contributed by atoms with Crippen LogP contribution in [0.25, 0.3) is 22.2 Å². The van der Waals surface area contributed by atoms with E-state index in [9.17, 15) is 9.59 Å².